The third-order valence-corrected chi connectivity index (χ3v) is 6.01. The first-order valence-corrected chi connectivity index (χ1v) is 12.7. The molecule has 0 saturated carbocycles. The van der Waals surface area contributed by atoms with Gasteiger partial charge in [0, 0.05) is 38.5 Å². The van der Waals surface area contributed by atoms with Gasteiger partial charge in [-0.2, -0.15) is 5.10 Å². The number of nitrogens with two attached hydrogens (primary N) is 1. The summed E-state index contributed by atoms with van der Waals surface area (Å²) in [7, 11) is 0. The molecule has 0 bridgehead atoms. The van der Waals surface area contributed by atoms with E-state index >= 15 is 0 Å². The van der Waals surface area contributed by atoms with Crippen molar-refractivity contribution in [2.75, 3.05) is 39.3 Å². The number of hydrogen-bond acceptors (Lipinski definition) is 7. The standard InChI is InChI=1S/C26H35N5O3S/c1-26(2,3)34-25(32)31-14-12-30(13-15-31)16-17-33-23-11-7-10-22(18-23)19-28-29-24(27)35-20-21-8-5-4-6-9-21/h4-11,18-19H,12-17,20H2,1-3H3,(H2,27,29). The van der Waals surface area contributed by atoms with Gasteiger partial charge in [0.05, 0.1) is 6.21 Å². The van der Waals surface area contributed by atoms with E-state index in [2.05, 4.69) is 27.2 Å². The van der Waals surface area contributed by atoms with Gasteiger partial charge in [-0.3, -0.25) is 4.90 Å². The molecule has 1 amide bonds. The van der Waals surface area contributed by atoms with Crippen molar-refractivity contribution in [1.82, 2.24) is 9.80 Å². The molecule has 0 radical (unpaired) electrons. The Kier molecular flexibility index (Phi) is 9.98. The molecule has 8 nitrogen and oxygen atoms in total. The van der Waals surface area contributed by atoms with Crippen LogP contribution in [0.2, 0.25) is 0 Å². The highest BCUT2D eigenvalue weighted by Gasteiger charge is 2.25. The molecule has 9 heteroatoms. The summed E-state index contributed by atoms with van der Waals surface area (Å²) >= 11 is 1.45. The highest BCUT2D eigenvalue weighted by Crippen LogP contribution is 2.15. The Bertz CT molecular complexity index is 1000. The zero-order chi connectivity index (χ0) is 25.1. The van der Waals surface area contributed by atoms with E-state index in [0.717, 1.165) is 36.7 Å². The third kappa shape index (κ3) is 10.00. The van der Waals surface area contributed by atoms with Crippen LogP contribution in [0.25, 0.3) is 0 Å². The number of ether oxygens (including phenoxy) is 2. The number of thioether (sulfide) groups is 1. The van der Waals surface area contributed by atoms with Gasteiger partial charge < -0.3 is 20.1 Å². The lowest BCUT2D eigenvalue weighted by Gasteiger charge is -2.35. The van der Waals surface area contributed by atoms with Gasteiger partial charge in [0.25, 0.3) is 0 Å². The topological polar surface area (TPSA) is 92.8 Å². The molecule has 1 aliphatic rings. The van der Waals surface area contributed by atoms with Crippen LogP contribution in [0.4, 0.5) is 4.79 Å². The molecule has 0 spiro atoms. The largest absolute Gasteiger partial charge is 0.492 e. The molecule has 0 unspecified atom stereocenters. The summed E-state index contributed by atoms with van der Waals surface area (Å²) in [5.74, 6) is 1.53. The molecule has 188 valence electrons. The van der Waals surface area contributed by atoms with E-state index in [9.17, 15) is 4.79 Å². The first-order valence-electron chi connectivity index (χ1n) is 11.7. The molecule has 35 heavy (non-hydrogen) atoms. The van der Waals surface area contributed by atoms with Gasteiger partial charge >= 0.3 is 6.09 Å². The molecule has 1 aliphatic heterocycles. The summed E-state index contributed by atoms with van der Waals surface area (Å²) in [6.45, 7) is 9.93. The van der Waals surface area contributed by atoms with Crippen molar-refractivity contribution < 1.29 is 14.3 Å². The maximum absolute atomic E-state index is 12.2. The molecule has 0 aliphatic carbocycles. The number of carbonyl (C=O) groups is 1. The Morgan fingerprint density at radius 1 is 1.09 bits per heavy atom. The Hall–Kier alpha value is -3.04. The minimum atomic E-state index is -0.471. The maximum Gasteiger partial charge on any atom is 0.410 e. The lowest BCUT2D eigenvalue weighted by atomic mass is 10.2. The van der Waals surface area contributed by atoms with Crippen LogP contribution in [0.1, 0.15) is 31.9 Å². The zero-order valence-electron chi connectivity index (χ0n) is 20.7. The predicted molar refractivity (Wildman–Crippen MR) is 143 cm³/mol. The number of benzene rings is 2. The Balaban J connectivity index is 1.38. The summed E-state index contributed by atoms with van der Waals surface area (Å²) in [6.07, 6.45) is 1.42. The minimum absolute atomic E-state index is 0.243. The van der Waals surface area contributed by atoms with E-state index in [1.54, 1.807) is 11.1 Å². The minimum Gasteiger partial charge on any atom is -0.492 e. The number of amidine groups is 1. The van der Waals surface area contributed by atoms with Crippen LogP contribution in [0.5, 0.6) is 5.75 Å². The van der Waals surface area contributed by atoms with Crippen LogP contribution >= 0.6 is 11.8 Å². The SMILES string of the molecule is CC(C)(C)OC(=O)N1CCN(CCOc2cccc(C=NN=C(N)SCc3ccccc3)c2)CC1. The molecule has 2 aromatic carbocycles. The zero-order valence-corrected chi connectivity index (χ0v) is 21.5. The molecule has 0 atom stereocenters. The molecule has 1 fully saturated rings. The van der Waals surface area contributed by atoms with Crippen molar-refractivity contribution >= 4 is 29.2 Å². The van der Waals surface area contributed by atoms with Gasteiger partial charge in [-0.25, -0.2) is 4.79 Å². The number of nitrogens with zero attached hydrogens (tertiary/aromatic N) is 4. The summed E-state index contributed by atoms with van der Waals surface area (Å²) < 4.78 is 11.4. The third-order valence-electron chi connectivity index (χ3n) is 5.15. The van der Waals surface area contributed by atoms with Gasteiger partial charge in [0.2, 0.25) is 0 Å². The summed E-state index contributed by atoms with van der Waals surface area (Å²) in [4.78, 5) is 16.2. The number of amides is 1. The molecule has 1 saturated heterocycles. The normalized spacial score (nSPS) is 15.4. The van der Waals surface area contributed by atoms with E-state index < -0.39 is 5.60 Å². The second-order valence-corrected chi connectivity index (χ2v) is 10.2. The first-order chi connectivity index (χ1) is 16.8. The van der Waals surface area contributed by atoms with E-state index in [1.165, 1.54) is 17.3 Å². The van der Waals surface area contributed by atoms with Crippen LogP contribution in [0.3, 0.4) is 0 Å². The van der Waals surface area contributed by atoms with Crippen LogP contribution in [-0.4, -0.2) is 72.2 Å². The molecule has 0 aromatic heterocycles. The lowest BCUT2D eigenvalue weighted by molar-refractivity contribution is 0.0137. The van der Waals surface area contributed by atoms with E-state index in [1.807, 2.05) is 63.2 Å². The smallest absolute Gasteiger partial charge is 0.410 e. The van der Waals surface area contributed by atoms with Gasteiger partial charge in [-0.1, -0.05) is 54.2 Å². The summed E-state index contributed by atoms with van der Waals surface area (Å²) in [5, 5.41) is 8.59. The quantitative estimate of drug-likeness (QED) is 0.334. The fourth-order valence-corrected chi connectivity index (χ4v) is 3.98. The van der Waals surface area contributed by atoms with Crippen LogP contribution in [0.15, 0.2) is 64.8 Å². The predicted octanol–water partition coefficient (Wildman–Crippen LogP) is 4.20. The molecule has 1 heterocycles. The number of piperazine rings is 1. The summed E-state index contributed by atoms with van der Waals surface area (Å²) in [6, 6.07) is 17.8. The average molecular weight is 498 g/mol. The highest BCUT2D eigenvalue weighted by atomic mass is 32.2. The fraction of sp³-hybridized carbons (Fsp3) is 0.423. The lowest BCUT2D eigenvalue weighted by Crippen LogP contribution is -2.50. The van der Waals surface area contributed by atoms with Crippen molar-refractivity contribution in [1.29, 1.82) is 0 Å². The van der Waals surface area contributed by atoms with Crippen molar-refractivity contribution in [3.63, 3.8) is 0 Å². The number of rotatable bonds is 8. The van der Waals surface area contributed by atoms with Crippen LogP contribution < -0.4 is 10.5 Å². The molecule has 2 aromatic rings. The Morgan fingerprint density at radius 2 is 1.83 bits per heavy atom. The van der Waals surface area contributed by atoms with E-state index in [-0.39, 0.29) is 6.09 Å². The average Bonchev–Trinajstić information content (AvgIpc) is 2.83. The molecular weight excluding hydrogens is 462 g/mol. The van der Waals surface area contributed by atoms with Gasteiger partial charge in [0.1, 0.15) is 18.0 Å². The van der Waals surface area contributed by atoms with E-state index in [0.29, 0.717) is 24.9 Å². The van der Waals surface area contributed by atoms with Crippen molar-refractivity contribution in [3.05, 3.63) is 65.7 Å². The second kappa shape index (κ2) is 13.2. The molecule has 3 rings (SSSR count). The number of hydrogen-bond donors (Lipinski definition) is 1. The molecular formula is C26H35N5O3S. The summed E-state index contributed by atoms with van der Waals surface area (Å²) in [5.41, 5.74) is 7.55. The fourth-order valence-electron chi connectivity index (χ4n) is 3.37. The Morgan fingerprint density at radius 3 is 2.54 bits per heavy atom. The van der Waals surface area contributed by atoms with Crippen LogP contribution in [-0.2, 0) is 10.5 Å². The van der Waals surface area contributed by atoms with Crippen molar-refractivity contribution in [2.45, 2.75) is 32.1 Å². The van der Waals surface area contributed by atoms with Gasteiger partial charge in [-0.05, 0) is 44.0 Å². The van der Waals surface area contributed by atoms with E-state index in [4.69, 9.17) is 15.2 Å². The number of carbonyl (C=O) groups excluding carboxylic acids is 1. The van der Waals surface area contributed by atoms with Gasteiger partial charge in [-0.15, -0.1) is 5.10 Å². The highest BCUT2D eigenvalue weighted by molar-refractivity contribution is 8.13. The maximum atomic E-state index is 12.2. The Labute approximate surface area is 212 Å². The van der Waals surface area contributed by atoms with Crippen molar-refractivity contribution in [3.8, 4) is 5.75 Å². The first kappa shape index (κ1) is 26.6. The monoisotopic (exact) mass is 497 g/mol. The van der Waals surface area contributed by atoms with Crippen LogP contribution in [0, 0.1) is 0 Å². The second-order valence-electron chi connectivity index (χ2n) is 9.19. The molecule has 2 N–H and O–H groups in total. The van der Waals surface area contributed by atoms with Gasteiger partial charge in [0.15, 0.2) is 5.17 Å². The van der Waals surface area contributed by atoms with Crippen molar-refractivity contribution in [2.24, 2.45) is 15.9 Å².